The van der Waals surface area contributed by atoms with Crippen molar-refractivity contribution in [3.63, 3.8) is 0 Å². The zero-order chi connectivity index (χ0) is 7.82. The molecule has 0 unspecified atom stereocenters. The molecule has 0 saturated carbocycles. The topological polar surface area (TPSA) is 12.0 Å². The Hall–Kier alpha value is -0.560. The molecule has 1 heteroatoms. The van der Waals surface area contributed by atoms with Crippen molar-refractivity contribution in [3.05, 3.63) is 23.8 Å². The van der Waals surface area contributed by atoms with Gasteiger partial charge in [0.15, 0.2) is 0 Å². The van der Waals surface area contributed by atoms with Gasteiger partial charge in [-0.25, -0.2) is 0 Å². The highest BCUT2D eigenvalue weighted by atomic mass is 14.8. The van der Waals surface area contributed by atoms with Crippen LogP contribution in [0, 0.1) is 0 Å². The SMILES string of the molecule is C/C=C\C=C(/CC)CNC. The minimum atomic E-state index is 1.00. The van der Waals surface area contributed by atoms with Crippen molar-refractivity contribution in [2.75, 3.05) is 13.6 Å². The normalized spacial score (nSPS) is 12.9. The Bertz CT molecular complexity index is 123. The Morgan fingerprint density at radius 2 is 2.20 bits per heavy atom. The molecule has 1 N–H and O–H groups in total. The van der Waals surface area contributed by atoms with Gasteiger partial charge in [-0.1, -0.05) is 30.7 Å². The highest BCUT2D eigenvalue weighted by molar-refractivity contribution is 5.12. The first-order valence-electron chi connectivity index (χ1n) is 3.80. The van der Waals surface area contributed by atoms with Gasteiger partial charge >= 0.3 is 0 Å². The van der Waals surface area contributed by atoms with Crippen molar-refractivity contribution < 1.29 is 0 Å². The molecule has 0 aliphatic carbocycles. The summed E-state index contributed by atoms with van der Waals surface area (Å²) in [5.74, 6) is 0. The summed E-state index contributed by atoms with van der Waals surface area (Å²) in [7, 11) is 1.97. The van der Waals surface area contributed by atoms with Gasteiger partial charge in [-0.2, -0.15) is 0 Å². The lowest BCUT2D eigenvalue weighted by atomic mass is 10.2. The molecular weight excluding hydrogens is 122 g/mol. The summed E-state index contributed by atoms with van der Waals surface area (Å²) < 4.78 is 0. The summed E-state index contributed by atoms with van der Waals surface area (Å²) in [5.41, 5.74) is 1.45. The summed E-state index contributed by atoms with van der Waals surface area (Å²) in [6.07, 6.45) is 7.42. The van der Waals surface area contributed by atoms with Crippen LogP contribution in [0.25, 0.3) is 0 Å². The van der Waals surface area contributed by atoms with Gasteiger partial charge in [0.1, 0.15) is 0 Å². The van der Waals surface area contributed by atoms with Crippen molar-refractivity contribution in [2.45, 2.75) is 20.3 Å². The van der Waals surface area contributed by atoms with Gasteiger partial charge in [-0.05, 0) is 20.4 Å². The quantitative estimate of drug-likeness (QED) is 0.588. The smallest absolute Gasteiger partial charge is 0.0164 e. The maximum absolute atomic E-state index is 3.13. The van der Waals surface area contributed by atoms with E-state index in [0.717, 1.165) is 13.0 Å². The van der Waals surface area contributed by atoms with E-state index in [-0.39, 0.29) is 0 Å². The highest BCUT2D eigenvalue weighted by Gasteiger charge is 1.87. The Balaban J connectivity index is 3.78. The second-order valence-electron chi connectivity index (χ2n) is 2.23. The van der Waals surface area contributed by atoms with Crippen molar-refractivity contribution in [3.8, 4) is 0 Å². The molecule has 0 fully saturated rings. The molecule has 0 amide bonds. The fourth-order valence-corrected chi connectivity index (χ4v) is 0.761. The molecule has 58 valence electrons. The van der Waals surface area contributed by atoms with Gasteiger partial charge in [0.05, 0.1) is 0 Å². The first kappa shape index (κ1) is 9.44. The number of hydrogen-bond donors (Lipinski definition) is 1. The van der Waals surface area contributed by atoms with Crippen LogP contribution in [0.4, 0.5) is 0 Å². The first-order valence-corrected chi connectivity index (χ1v) is 3.80. The largest absolute Gasteiger partial charge is 0.316 e. The average Bonchev–Trinajstić information content (AvgIpc) is 1.98. The third kappa shape index (κ3) is 4.33. The Kier molecular flexibility index (Phi) is 6.19. The van der Waals surface area contributed by atoms with E-state index < -0.39 is 0 Å². The molecule has 10 heavy (non-hydrogen) atoms. The standard InChI is InChI=1S/C9H17N/c1-4-6-7-9(5-2)8-10-3/h4,6-7,10H,5,8H2,1-3H3/b6-4-,9-7+. The van der Waals surface area contributed by atoms with E-state index in [1.807, 2.05) is 20.0 Å². The number of rotatable bonds is 4. The molecule has 0 atom stereocenters. The Morgan fingerprint density at radius 3 is 2.60 bits per heavy atom. The third-order valence-corrected chi connectivity index (χ3v) is 1.38. The van der Waals surface area contributed by atoms with Crippen molar-refractivity contribution in [1.82, 2.24) is 5.32 Å². The van der Waals surface area contributed by atoms with Crippen LogP contribution in [0.3, 0.4) is 0 Å². The van der Waals surface area contributed by atoms with Gasteiger partial charge < -0.3 is 5.32 Å². The molecule has 0 aliphatic rings. The molecule has 0 heterocycles. The van der Waals surface area contributed by atoms with E-state index in [1.54, 1.807) is 0 Å². The molecule has 1 nitrogen and oxygen atoms in total. The van der Waals surface area contributed by atoms with E-state index in [1.165, 1.54) is 5.57 Å². The van der Waals surface area contributed by atoms with Gasteiger partial charge in [0.2, 0.25) is 0 Å². The summed E-state index contributed by atoms with van der Waals surface area (Å²) in [6.45, 7) is 5.21. The molecule has 0 aromatic rings. The van der Waals surface area contributed by atoms with Crippen LogP contribution in [0.15, 0.2) is 23.8 Å². The van der Waals surface area contributed by atoms with Crippen molar-refractivity contribution in [1.29, 1.82) is 0 Å². The van der Waals surface area contributed by atoms with Crippen LogP contribution >= 0.6 is 0 Å². The van der Waals surface area contributed by atoms with Crippen LogP contribution in [0.5, 0.6) is 0 Å². The second-order valence-corrected chi connectivity index (χ2v) is 2.23. The molecule has 0 radical (unpaired) electrons. The minimum Gasteiger partial charge on any atom is -0.316 e. The Labute approximate surface area is 63.8 Å². The van der Waals surface area contributed by atoms with E-state index in [9.17, 15) is 0 Å². The number of likely N-dealkylation sites (N-methyl/N-ethyl adjacent to an activating group) is 1. The summed E-state index contributed by atoms with van der Waals surface area (Å²) in [4.78, 5) is 0. The van der Waals surface area contributed by atoms with E-state index in [4.69, 9.17) is 0 Å². The van der Waals surface area contributed by atoms with Crippen LogP contribution in [-0.2, 0) is 0 Å². The van der Waals surface area contributed by atoms with Crippen molar-refractivity contribution >= 4 is 0 Å². The monoisotopic (exact) mass is 139 g/mol. The molecule has 0 bridgehead atoms. The maximum Gasteiger partial charge on any atom is 0.0164 e. The predicted octanol–water partition coefficient (Wildman–Crippen LogP) is 2.12. The fourth-order valence-electron chi connectivity index (χ4n) is 0.761. The molecule has 0 aliphatic heterocycles. The second kappa shape index (κ2) is 6.56. The minimum absolute atomic E-state index is 1.00. The lowest BCUT2D eigenvalue weighted by molar-refractivity contribution is 0.845. The van der Waals surface area contributed by atoms with Crippen molar-refractivity contribution in [2.24, 2.45) is 0 Å². The molecular formula is C9H17N. The molecule has 0 rings (SSSR count). The molecule has 0 aromatic heterocycles. The zero-order valence-corrected chi connectivity index (χ0v) is 7.15. The third-order valence-electron chi connectivity index (χ3n) is 1.38. The summed E-state index contributed by atoms with van der Waals surface area (Å²) >= 11 is 0. The van der Waals surface area contributed by atoms with Gasteiger partial charge in [-0.15, -0.1) is 0 Å². The first-order chi connectivity index (χ1) is 4.85. The Morgan fingerprint density at radius 1 is 1.50 bits per heavy atom. The van der Waals surface area contributed by atoms with Gasteiger partial charge in [0.25, 0.3) is 0 Å². The summed E-state index contributed by atoms with van der Waals surface area (Å²) in [5, 5.41) is 3.13. The number of nitrogens with one attached hydrogen (secondary N) is 1. The lowest BCUT2D eigenvalue weighted by Gasteiger charge is -1.99. The highest BCUT2D eigenvalue weighted by Crippen LogP contribution is 1.97. The van der Waals surface area contributed by atoms with Crippen LogP contribution in [0.1, 0.15) is 20.3 Å². The van der Waals surface area contributed by atoms with Crippen LogP contribution in [0.2, 0.25) is 0 Å². The summed E-state index contributed by atoms with van der Waals surface area (Å²) in [6, 6.07) is 0. The molecule has 0 spiro atoms. The number of hydrogen-bond acceptors (Lipinski definition) is 1. The van der Waals surface area contributed by atoms with Crippen LogP contribution in [-0.4, -0.2) is 13.6 Å². The lowest BCUT2D eigenvalue weighted by Crippen LogP contribution is -2.09. The van der Waals surface area contributed by atoms with Gasteiger partial charge in [-0.3, -0.25) is 0 Å². The molecule has 0 saturated heterocycles. The van der Waals surface area contributed by atoms with E-state index >= 15 is 0 Å². The molecule has 0 aromatic carbocycles. The average molecular weight is 139 g/mol. The predicted molar refractivity (Wildman–Crippen MR) is 47.1 cm³/mol. The van der Waals surface area contributed by atoms with Gasteiger partial charge in [0, 0.05) is 6.54 Å². The van der Waals surface area contributed by atoms with E-state index in [2.05, 4.69) is 24.4 Å². The zero-order valence-electron chi connectivity index (χ0n) is 7.15. The van der Waals surface area contributed by atoms with E-state index in [0.29, 0.717) is 0 Å². The maximum atomic E-state index is 3.13. The number of allylic oxidation sites excluding steroid dienone is 3. The van der Waals surface area contributed by atoms with Crippen LogP contribution < -0.4 is 5.32 Å². The fraction of sp³-hybridized carbons (Fsp3) is 0.556.